The van der Waals surface area contributed by atoms with Gasteiger partial charge in [-0.25, -0.2) is 0 Å². The summed E-state index contributed by atoms with van der Waals surface area (Å²) >= 11 is 0. The molecule has 6 heteroatoms. The van der Waals surface area contributed by atoms with E-state index in [9.17, 15) is 0 Å². The van der Waals surface area contributed by atoms with Crippen molar-refractivity contribution < 1.29 is 0 Å². The molecule has 0 spiro atoms. The number of anilines is 3. The number of rotatable bonds is 4. The molecule has 0 aliphatic carbocycles. The summed E-state index contributed by atoms with van der Waals surface area (Å²) in [6.45, 7) is 0. The molecule has 0 amide bonds. The van der Waals surface area contributed by atoms with Crippen molar-refractivity contribution in [2.45, 2.75) is 0 Å². The first kappa shape index (κ1) is 13.0. The average molecular weight is 278 g/mol. The zero-order valence-corrected chi connectivity index (χ0v) is 11.5. The van der Waals surface area contributed by atoms with Gasteiger partial charge < -0.3 is 10.6 Å². The standard InChI is InChI=1S/C15H14N6/c1-16-14-19-13(11-5-3-2-4-6-11)20-15(21-14)18-12-7-9-17-10-8-12/h2-10H,1H3,(H2,16,17,18,19,20,21). The van der Waals surface area contributed by atoms with Gasteiger partial charge in [0.05, 0.1) is 0 Å². The minimum atomic E-state index is 0.486. The molecule has 0 saturated carbocycles. The van der Waals surface area contributed by atoms with E-state index in [-0.39, 0.29) is 0 Å². The predicted molar refractivity (Wildman–Crippen MR) is 82.3 cm³/mol. The van der Waals surface area contributed by atoms with Gasteiger partial charge in [0.15, 0.2) is 5.82 Å². The van der Waals surface area contributed by atoms with Crippen LogP contribution in [-0.2, 0) is 0 Å². The Kier molecular flexibility index (Phi) is 3.68. The van der Waals surface area contributed by atoms with Crippen LogP contribution >= 0.6 is 0 Å². The van der Waals surface area contributed by atoms with Crippen molar-refractivity contribution in [1.82, 2.24) is 19.9 Å². The van der Waals surface area contributed by atoms with Crippen LogP contribution in [0.3, 0.4) is 0 Å². The predicted octanol–water partition coefficient (Wildman–Crippen LogP) is 2.72. The average Bonchev–Trinajstić information content (AvgIpc) is 2.56. The lowest BCUT2D eigenvalue weighted by atomic mass is 10.2. The summed E-state index contributed by atoms with van der Waals surface area (Å²) in [5.41, 5.74) is 1.81. The summed E-state index contributed by atoms with van der Waals surface area (Å²) in [7, 11) is 1.78. The van der Waals surface area contributed by atoms with Crippen LogP contribution < -0.4 is 10.6 Å². The maximum Gasteiger partial charge on any atom is 0.232 e. The van der Waals surface area contributed by atoms with Crippen molar-refractivity contribution in [1.29, 1.82) is 0 Å². The maximum atomic E-state index is 4.45. The van der Waals surface area contributed by atoms with Gasteiger partial charge >= 0.3 is 0 Å². The molecule has 2 heterocycles. The van der Waals surface area contributed by atoms with Gasteiger partial charge in [-0.05, 0) is 12.1 Å². The van der Waals surface area contributed by atoms with Gasteiger partial charge in [0.2, 0.25) is 11.9 Å². The van der Waals surface area contributed by atoms with Crippen LogP contribution in [0, 0.1) is 0 Å². The van der Waals surface area contributed by atoms with Gasteiger partial charge in [0.25, 0.3) is 0 Å². The Hall–Kier alpha value is -3.02. The van der Waals surface area contributed by atoms with Crippen molar-refractivity contribution in [3.05, 3.63) is 54.9 Å². The van der Waals surface area contributed by atoms with Gasteiger partial charge in [-0.2, -0.15) is 15.0 Å². The summed E-state index contributed by atoms with van der Waals surface area (Å²) in [4.78, 5) is 17.1. The van der Waals surface area contributed by atoms with Crippen LogP contribution in [0.5, 0.6) is 0 Å². The molecule has 0 bridgehead atoms. The number of hydrogen-bond donors (Lipinski definition) is 2. The zero-order valence-electron chi connectivity index (χ0n) is 11.5. The molecule has 3 rings (SSSR count). The lowest BCUT2D eigenvalue weighted by molar-refractivity contribution is 1.06. The lowest BCUT2D eigenvalue weighted by Crippen LogP contribution is -2.05. The van der Waals surface area contributed by atoms with Gasteiger partial charge in [-0.1, -0.05) is 30.3 Å². The number of benzene rings is 1. The fourth-order valence-electron chi connectivity index (χ4n) is 1.82. The molecule has 1 aromatic carbocycles. The number of pyridine rings is 1. The van der Waals surface area contributed by atoms with E-state index in [1.54, 1.807) is 19.4 Å². The highest BCUT2D eigenvalue weighted by Crippen LogP contribution is 2.19. The molecule has 0 atom stereocenters. The summed E-state index contributed by atoms with van der Waals surface area (Å²) < 4.78 is 0. The molecule has 0 radical (unpaired) electrons. The fourth-order valence-corrected chi connectivity index (χ4v) is 1.82. The van der Waals surface area contributed by atoms with Crippen LogP contribution in [0.25, 0.3) is 11.4 Å². The van der Waals surface area contributed by atoms with Crippen LogP contribution in [0.4, 0.5) is 17.6 Å². The van der Waals surface area contributed by atoms with Crippen molar-refractivity contribution in [2.24, 2.45) is 0 Å². The molecule has 0 fully saturated rings. The van der Waals surface area contributed by atoms with E-state index in [0.717, 1.165) is 11.3 Å². The van der Waals surface area contributed by atoms with E-state index in [4.69, 9.17) is 0 Å². The first-order valence-electron chi connectivity index (χ1n) is 6.51. The molecule has 0 aliphatic rings. The molecule has 2 N–H and O–H groups in total. The third-order valence-corrected chi connectivity index (χ3v) is 2.83. The Balaban J connectivity index is 1.98. The number of aromatic nitrogens is 4. The SMILES string of the molecule is CNc1nc(Nc2ccncc2)nc(-c2ccccc2)n1. The second-order valence-corrected chi connectivity index (χ2v) is 4.28. The first-order chi connectivity index (χ1) is 10.3. The lowest BCUT2D eigenvalue weighted by Gasteiger charge is -2.08. The van der Waals surface area contributed by atoms with E-state index < -0.39 is 0 Å². The second-order valence-electron chi connectivity index (χ2n) is 4.28. The first-order valence-corrected chi connectivity index (χ1v) is 6.51. The molecule has 0 saturated heterocycles. The van der Waals surface area contributed by atoms with E-state index in [1.807, 2.05) is 42.5 Å². The molecular formula is C15H14N6. The van der Waals surface area contributed by atoms with Gasteiger partial charge in [-0.15, -0.1) is 0 Å². The van der Waals surface area contributed by atoms with Crippen molar-refractivity contribution in [3.8, 4) is 11.4 Å². The third kappa shape index (κ3) is 3.11. The van der Waals surface area contributed by atoms with Crippen LogP contribution in [0.1, 0.15) is 0 Å². The summed E-state index contributed by atoms with van der Waals surface area (Å²) in [6, 6.07) is 13.5. The van der Waals surface area contributed by atoms with Crippen molar-refractivity contribution in [2.75, 3.05) is 17.7 Å². The highest BCUT2D eigenvalue weighted by atomic mass is 15.2. The minimum absolute atomic E-state index is 0.486. The van der Waals surface area contributed by atoms with Crippen LogP contribution in [0.2, 0.25) is 0 Å². The molecule has 21 heavy (non-hydrogen) atoms. The fraction of sp³-hybridized carbons (Fsp3) is 0.0667. The van der Waals surface area contributed by atoms with Crippen molar-refractivity contribution >= 4 is 17.6 Å². The Labute approximate surface area is 122 Å². The molecule has 2 aromatic heterocycles. The zero-order chi connectivity index (χ0) is 14.5. The topological polar surface area (TPSA) is 75.6 Å². The number of hydrogen-bond acceptors (Lipinski definition) is 6. The van der Waals surface area contributed by atoms with E-state index in [1.165, 1.54) is 0 Å². The smallest absolute Gasteiger partial charge is 0.232 e. The summed E-state index contributed by atoms with van der Waals surface area (Å²) in [5.74, 6) is 1.62. The van der Waals surface area contributed by atoms with E-state index in [2.05, 4.69) is 30.6 Å². The highest BCUT2D eigenvalue weighted by Gasteiger charge is 2.07. The number of nitrogens with zero attached hydrogens (tertiary/aromatic N) is 4. The summed E-state index contributed by atoms with van der Waals surface area (Å²) in [5, 5.41) is 6.10. The number of nitrogens with one attached hydrogen (secondary N) is 2. The van der Waals surface area contributed by atoms with Gasteiger partial charge in [0, 0.05) is 30.7 Å². The largest absolute Gasteiger partial charge is 0.357 e. The maximum absolute atomic E-state index is 4.45. The molecular weight excluding hydrogens is 264 g/mol. The van der Waals surface area contributed by atoms with Crippen molar-refractivity contribution in [3.63, 3.8) is 0 Å². The summed E-state index contributed by atoms with van der Waals surface area (Å²) in [6.07, 6.45) is 3.42. The van der Waals surface area contributed by atoms with Gasteiger partial charge in [0.1, 0.15) is 0 Å². The molecule has 0 unspecified atom stereocenters. The Morgan fingerprint density at radius 2 is 1.52 bits per heavy atom. The second kappa shape index (κ2) is 5.96. The molecule has 3 aromatic rings. The molecule has 0 aliphatic heterocycles. The third-order valence-electron chi connectivity index (χ3n) is 2.83. The monoisotopic (exact) mass is 278 g/mol. The van der Waals surface area contributed by atoms with Gasteiger partial charge in [-0.3, -0.25) is 4.98 Å². The van der Waals surface area contributed by atoms with Crippen LogP contribution in [0.15, 0.2) is 54.9 Å². The van der Waals surface area contributed by atoms with E-state index in [0.29, 0.717) is 17.7 Å². The van der Waals surface area contributed by atoms with Crippen LogP contribution in [-0.4, -0.2) is 27.0 Å². The molecule has 104 valence electrons. The Morgan fingerprint density at radius 3 is 2.24 bits per heavy atom. The minimum Gasteiger partial charge on any atom is -0.357 e. The quantitative estimate of drug-likeness (QED) is 0.764. The highest BCUT2D eigenvalue weighted by molar-refractivity contribution is 5.60. The Bertz CT molecular complexity index is 715. The Morgan fingerprint density at radius 1 is 0.810 bits per heavy atom. The normalized spacial score (nSPS) is 10.1. The van der Waals surface area contributed by atoms with E-state index >= 15 is 0 Å². The molecule has 6 nitrogen and oxygen atoms in total.